The van der Waals surface area contributed by atoms with E-state index < -0.39 is 0 Å². The van der Waals surface area contributed by atoms with Gasteiger partial charge in [0, 0.05) is 12.6 Å². The maximum atomic E-state index is 2.76. The van der Waals surface area contributed by atoms with Crippen molar-refractivity contribution in [3.8, 4) is 0 Å². The Morgan fingerprint density at radius 2 is 1.74 bits per heavy atom. The van der Waals surface area contributed by atoms with Gasteiger partial charge in [-0.15, -0.1) is 0 Å². The highest BCUT2D eigenvalue weighted by molar-refractivity contribution is 5.36. The molecular weight excluding hydrogens is 278 g/mol. The van der Waals surface area contributed by atoms with Gasteiger partial charge >= 0.3 is 0 Å². The number of rotatable bonds is 3. The first kappa shape index (κ1) is 15.0. The Morgan fingerprint density at radius 1 is 1.00 bits per heavy atom. The summed E-state index contributed by atoms with van der Waals surface area (Å²) in [4.78, 5) is 2.76. The zero-order valence-corrected chi connectivity index (χ0v) is 14.3. The molecule has 0 saturated carbocycles. The first-order valence-corrected chi connectivity index (χ1v) is 9.10. The van der Waals surface area contributed by atoms with Crippen LogP contribution in [0.2, 0.25) is 0 Å². The lowest BCUT2D eigenvalue weighted by Gasteiger charge is -2.51. The van der Waals surface area contributed by atoms with Crippen molar-refractivity contribution in [2.24, 2.45) is 11.8 Å². The molecule has 0 N–H and O–H groups in total. The van der Waals surface area contributed by atoms with Crippen LogP contribution in [0.25, 0.3) is 0 Å². The van der Waals surface area contributed by atoms with E-state index >= 15 is 0 Å². The van der Waals surface area contributed by atoms with Crippen LogP contribution in [-0.2, 0) is 13.0 Å². The molecular formula is C22H27N. The molecule has 1 fully saturated rings. The number of hydrogen-bond donors (Lipinski definition) is 0. The normalized spacial score (nSPS) is 27.0. The Morgan fingerprint density at radius 3 is 2.52 bits per heavy atom. The fourth-order valence-corrected chi connectivity index (χ4v) is 5.03. The van der Waals surface area contributed by atoms with E-state index in [0.717, 1.165) is 24.3 Å². The van der Waals surface area contributed by atoms with Crippen LogP contribution >= 0.6 is 0 Å². The molecule has 0 spiro atoms. The monoisotopic (exact) mass is 305 g/mol. The van der Waals surface area contributed by atoms with Gasteiger partial charge in [-0.25, -0.2) is 0 Å². The van der Waals surface area contributed by atoms with Crippen molar-refractivity contribution in [1.82, 2.24) is 4.90 Å². The summed E-state index contributed by atoms with van der Waals surface area (Å²) < 4.78 is 0. The van der Waals surface area contributed by atoms with E-state index in [2.05, 4.69) is 73.3 Å². The van der Waals surface area contributed by atoms with Gasteiger partial charge in [-0.05, 0) is 53.8 Å². The van der Waals surface area contributed by atoms with Gasteiger partial charge in [-0.1, -0.05) is 68.4 Å². The molecule has 2 aliphatic rings. The van der Waals surface area contributed by atoms with Crippen LogP contribution in [0, 0.1) is 11.8 Å². The van der Waals surface area contributed by atoms with Crippen molar-refractivity contribution in [3.63, 3.8) is 0 Å². The topological polar surface area (TPSA) is 3.24 Å². The minimum atomic E-state index is 0.698. The molecule has 2 aromatic carbocycles. The number of benzene rings is 2. The third-order valence-corrected chi connectivity index (χ3v) is 5.99. The van der Waals surface area contributed by atoms with Crippen LogP contribution in [0.15, 0.2) is 54.6 Å². The maximum absolute atomic E-state index is 2.76. The number of hydrogen-bond acceptors (Lipinski definition) is 1. The summed E-state index contributed by atoms with van der Waals surface area (Å²) in [5.74, 6) is 2.30. The van der Waals surface area contributed by atoms with Crippen LogP contribution in [0.1, 0.15) is 42.9 Å². The fraction of sp³-hybridized carbons (Fsp3) is 0.455. The Balaban J connectivity index is 1.66. The smallest absolute Gasteiger partial charge is 0.0236 e. The SMILES string of the molecule is CC(C)[C@H]1[C@@H]2CCN(Cc3ccccc3)[C@H]1Cc1ccccc12. The Hall–Kier alpha value is -1.60. The quantitative estimate of drug-likeness (QED) is 0.781. The number of likely N-dealkylation sites (tertiary alicyclic amines) is 1. The van der Waals surface area contributed by atoms with E-state index in [1.54, 1.807) is 11.1 Å². The van der Waals surface area contributed by atoms with Gasteiger partial charge < -0.3 is 0 Å². The molecule has 0 aromatic heterocycles. The van der Waals surface area contributed by atoms with Crippen molar-refractivity contribution < 1.29 is 0 Å². The molecule has 0 radical (unpaired) electrons. The number of piperidine rings is 1. The lowest BCUT2D eigenvalue weighted by Crippen LogP contribution is -2.53. The van der Waals surface area contributed by atoms with Crippen LogP contribution in [-0.4, -0.2) is 17.5 Å². The minimum Gasteiger partial charge on any atom is -0.295 e. The second kappa shape index (κ2) is 6.13. The molecule has 1 nitrogen and oxygen atoms in total. The third kappa shape index (κ3) is 2.72. The fourth-order valence-electron chi connectivity index (χ4n) is 5.03. The standard InChI is InChI=1S/C22H27N/c1-16(2)22-20-12-13-23(15-17-8-4-3-5-9-17)21(22)14-18-10-6-7-11-19(18)20/h3-11,16,20-22H,12-15H2,1-2H3/t20-,21+,22+/m1/s1. The molecule has 1 heteroatoms. The summed E-state index contributed by atoms with van der Waals surface area (Å²) >= 11 is 0. The molecule has 2 bridgehead atoms. The van der Waals surface area contributed by atoms with Gasteiger partial charge in [0.1, 0.15) is 0 Å². The second-order valence-electron chi connectivity index (χ2n) is 7.64. The summed E-state index contributed by atoms with van der Waals surface area (Å²) in [7, 11) is 0. The lowest BCUT2D eigenvalue weighted by atomic mass is 9.64. The zero-order chi connectivity index (χ0) is 15.8. The van der Waals surface area contributed by atoms with E-state index in [1.807, 2.05) is 0 Å². The summed E-state index contributed by atoms with van der Waals surface area (Å²) in [5.41, 5.74) is 4.69. The molecule has 2 aromatic rings. The summed E-state index contributed by atoms with van der Waals surface area (Å²) in [6.07, 6.45) is 2.53. The highest BCUT2D eigenvalue weighted by Crippen LogP contribution is 2.47. The average molecular weight is 305 g/mol. The van der Waals surface area contributed by atoms with Gasteiger partial charge in [0.05, 0.1) is 0 Å². The van der Waals surface area contributed by atoms with Crippen LogP contribution in [0.5, 0.6) is 0 Å². The highest BCUT2D eigenvalue weighted by atomic mass is 15.2. The molecule has 3 atom stereocenters. The summed E-state index contributed by atoms with van der Waals surface area (Å²) in [6.45, 7) is 7.18. The van der Waals surface area contributed by atoms with Gasteiger partial charge in [-0.2, -0.15) is 0 Å². The van der Waals surface area contributed by atoms with Crippen LogP contribution < -0.4 is 0 Å². The Labute approximate surface area is 140 Å². The van der Waals surface area contributed by atoms with Gasteiger partial charge in [0.2, 0.25) is 0 Å². The lowest BCUT2D eigenvalue weighted by molar-refractivity contribution is 0.0348. The summed E-state index contributed by atoms with van der Waals surface area (Å²) in [6, 6.07) is 20.9. The maximum Gasteiger partial charge on any atom is 0.0236 e. The van der Waals surface area contributed by atoms with Crippen molar-refractivity contribution in [3.05, 3.63) is 71.3 Å². The molecule has 0 amide bonds. The zero-order valence-electron chi connectivity index (χ0n) is 14.3. The summed E-state index contributed by atoms with van der Waals surface area (Å²) in [5, 5.41) is 0. The van der Waals surface area contributed by atoms with E-state index in [9.17, 15) is 0 Å². The Bertz CT molecular complexity index is 661. The largest absolute Gasteiger partial charge is 0.295 e. The number of nitrogens with zero attached hydrogens (tertiary/aromatic N) is 1. The Kier molecular flexibility index (Phi) is 3.98. The van der Waals surface area contributed by atoms with E-state index in [1.165, 1.54) is 24.9 Å². The second-order valence-corrected chi connectivity index (χ2v) is 7.64. The molecule has 1 heterocycles. The molecule has 120 valence electrons. The molecule has 0 unspecified atom stereocenters. The van der Waals surface area contributed by atoms with E-state index in [4.69, 9.17) is 0 Å². The van der Waals surface area contributed by atoms with Gasteiger partial charge in [-0.3, -0.25) is 4.90 Å². The molecule has 4 rings (SSSR count). The third-order valence-electron chi connectivity index (χ3n) is 5.99. The van der Waals surface area contributed by atoms with Crippen molar-refractivity contribution >= 4 is 0 Å². The van der Waals surface area contributed by atoms with E-state index in [0.29, 0.717) is 6.04 Å². The van der Waals surface area contributed by atoms with Crippen molar-refractivity contribution in [2.45, 2.75) is 45.2 Å². The van der Waals surface area contributed by atoms with Gasteiger partial charge in [0.15, 0.2) is 0 Å². The molecule has 1 aliphatic heterocycles. The van der Waals surface area contributed by atoms with E-state index in [-0.39, 0.29) is 0 Å². The number of fused-ring (bicyclic) bond motifs is 4. The minimum absolute atomic E-state index is 0.698. The molecule has 1 aliphatic carbocycles. The van der Waals surface area contributed by atoms with Gasteiger partial charge in [0.25, 0.3) is 0 Å². The first-order chi connectivity index (χ1) is 11.2. The van der Waals surface area contributed by atoms with Crippen LogP contribution in [0.4, 0.5) is 0 Å². The van der Waals surface area contributed by atoms with Crippen LogP contribution in [0.3, 0.4) is 0 Å². The molecule has 1 saturated heterocycles. The molecule has 23 heavy (non-hydrogen) atoms. The first-order valence-electron chi connectivity index (χ1n) is 9.10. The predicted molar refractivity (Wildman–Crippen MR) is 96.5 cm³/mol. The van der Waals surface area contributed by atoms with Crippen molar-refractivity contribution in [1.29, 1.82) is 0 Å². The van der Waals surface area contributed by atoms with Crippen molar-refractivity contribution in [2.75, 3.05) is 6.54 Å². The average Bonchev–Trinajstić information content (AvgIpc) is 2.57. The highest BCUT2D eigenvalue weighted by Gasteiger charge is 2.43. The predicted octanol–water partition coefficient (Wildman–Crippen LogP) is 4.87.